The van der Waals surface area contributed by atoms with Crippen molar-refractivity contribution in [2.24, 2.45) is 11.3 Å². The second kappa shape index (κ2) is 7.80. The summed E-state index contributed by atoms with van der Waals surface area (Å²) in [6, 6.07) is 0. The third-order valence-corrected chi connectivity index (χ3v) is 6.91. The van der Waals surface area contributed by atoms with Crippen LogP contribution in [0.25, 0.3) is 0 Å². The molecule has 0 N–H and O–H groups in total. The van der Waals surface area contributed by atoms with Gasteiger partial charge in [0, 0.05) is 0 Å². The molecule has 0 bridgehead atoms. The van der Waals surface area contributed by atoms with Crippen molar-refractivity contribution in [3.8, 4) is 0 Å². The van der Waals surface area contributed by atoms with Crippen molar-refractivity contribution in [3.63, 3.8) is 0 Å². The van der Waals surface area contributed by atoms with E-state index in [4.69, 9.17) is 14.2 Å². The van der Waals surface area contributed by atoms with Crippen LogP contribution in [0.4, 0.5) is 0 Å². The maximum absolute atomic E-state index is 13.2. The second-order valence-corrected chi connectivity index (χ2v) is 8.68. The zero-order valence-corrected chi connectivity index (χ0v) is 16.0. The molecule has 0 aromatic carbocycles. The summed E-state index contributed by atoms with van der Waals surface area (Å²) in [5.74, 6) is -2.33. The minimum absolute atomic E-state index is 0.0672. The summed E-state index contributed by atoms with van der Waals surface area (Å²) in [7, 11) is 0. The largest absolute Gasteiger partial charge is 0.462 e. The molecule has 4 aliphatic carbocycles. The minimum Gasteiger partial charge on any atom is -0.462 e. The van der Waals surface area contributed by atoms with Gasteiger partial charge < -0.3 is 14.2 Å². The summed E-state index contributed by atoms with van der Waals surface area (Å²) in [4.78, 5) is 39.3. The molecule has 4 fully saturated rings. The molecule has 0 heterocycles. The van der Waals surface area contributed by atoms with E-state index in [1.807, 2.05) is 0 Å². The SMILES string of the molecule is O=C(OC1CCC1)C1CCCCC1(C(=O)OC1CCC1)C(=O)OC1CCC1. The summed E-state index contributed by atoms with van der Waals surface area (Å²) in [6.07, 6.45) is 10.2. The summed E-state index contributed by atoms with van der Waals surface area (Å²) in [5.41, 5.74) is -1.52. The molecule has 0 spiro atoms. The van der Waals surface area contributed by atoms with Crippen molar-refractivity contribution < 1.29 is 28.6 Å². The molecule has 0 aromatic rings. The van der Waals surface area contributed by atoms with Gasteiger partial charge in [0.25, 0.3) is 0 Å². The highest BCUT2D eigenvalue weighted by Gasteiger charge is 2.60. The number of carbonyl (C=O) groups excluding carboxylic acids is 3. The molecule has 27 heavy (non-hydrogen) atoms. The van der Waals surface area contributed by atoms with E-state index >= 15 is 0 Å². The molecule has 6 heteroatoms. The van der Waals surface area contributed by atoms with Gasteiger partial charge in [-0.05, 0) is 70.6 Å². The first-order chi connectivity index (χ1) is 13.1. The van der Waals surface area contributed by atoms with Crippen LogP contribution in [0.2, 0.25) is 0 Å². The molecule has 0 aliphatic heterocycles. The molecule has 4 rings (SSSR count). The minimum atomic E-state index is -1.52. The van der Waals surface area contributed by atoms with Crippen molar-refractivity contribution in [2.45, 2.75) is 102 Å². The Labute approximate surface area is 160 Å². The normalized spacial score (nSPS) is 28.2. The van der Waals surface area contributed by atoms with E-state index in [1.54, 1.807) is 0 Å². The van der Waals surface area contributed by atoms with E-state index in [0.717, 1.165) is 64.2 Å². The molecule has 0 aromatic heterocycles. The van der Waals surface area contributed by atoms with Crippen LogP contribution in [0.5, 0.6) is 0 Å². The van der Waals surface area contributed by atoms with Gasteiger partial charge in [0.15, 0.2) is 5.41 Å². The first-order valence-electron chi connectivity index (χ1n) is 10.7. The molecular formula is C21H30O6. The van der Waals surface area contributed by atoms with Crippen LogP contribution in [0.1, 0.15) is 83.5 Å². The van der Waals surface area contributed by atoms with Crippen molar-refractivity contribution in [1.82, 2.24) is 0 Å². The van der Waals surface area contributed by atoms with Gasteiger partial charge in [0.2, 0.25) is 0 Å². The van der Waals surface area contributed by atoms with Gasteiger partial charge >= 0.3 is 17.9 Å². The van der Waals surface area contributed by atoms with Crippen molar-refractivity contribution in [3.05, 3.63) is 0 Å². The van der Waals surface area contributed by atoms with Gasteiger partial charge in [0.05, 0.1) is 5.92 Å². The summed E-state index contributed by atoms with van der Waals surface area (Å²) in [5, 5.41) is 0. The van der Waals surface area contributed by atoms with Crippen LogP contribution in [-0.2, 0) is 28.6 Å². The Kier molecular flexibility index (Phi) is 5.42. The lowest BCUT2D eigenvalue weighted by atomic mass is 9.65. The smallest absolute Gasteiger partial charge is 0.324 e. The van der Waals surface area contributed by atoms with E-state index < -0.39 is 29.2 Å². The summed E-state index contributed by atoms with van der Waals surface area (Å²) >= 11 is 0. The van der Waals surface area contributed by atoms with Gasteiger partial charge in [-0.2, -0.15) is 0 Å². The maximum Gasteiger partial charge on any atom is 0.324 e. The Hall–Kier alpha value is -1.59. The molecule has 1 unspecified atom stereocenters. The van der Waals surface area contributed by atoms with Crippen LogP contribution < -0.4 is 0 Å². The molecule has 4 aliphatic rings. The lowest BCUT2D eigenvalue weighted by Crippen LogP contribution is -2.54. The standard InChI is InChI=1S/C21H30O6/c22-18(25-14-6-3-7-14)17-12-1-2-13-21(17,19(23)26-15-8-4-9-15)20(24)27-16-10-5-11-16/h14-17H,1-13H2. The molecule has 0 saturated heterocycles. The highest BCUT2D eigenvalue weighted by molar-refractivity contribution is 6.04. The van der Waals surface area contributed by atoms with E-state index in [-0.39, 0.29) is 18.3 Å². The second-order valence-electron chi connectivity index (χ2n) is 8.68. The average molecular weight is 378 g/mol. The Morgan fingerprint density at radius 1 is 0.593 bits per heavy atom. The number of esters is 3. The predicted molar refractivity (Wildman–Crippen MR) is 95.6 cm³/mol. The van der Waals surface area contributed by atoms with Crippen LogP contribution >= 0.6 is 0 Å². The van der Waals surface area contributed by atoms with E-state index in [0.29, 0.717) is 19.3 Å². The number of hydrogen-bond acceptors (Lipinski definition) is 6. The number of carbonyl (C=O) groups is 3. The molecular weight excluding hydrogens is 348 g/mol. The summed E-state index contributed by atoms with van der Waals surface area (Å²) < 4.78 is 16.9. The zero-order chi connectivity index (χ0) is 18.9. The fourth-order valence-corrected chi connectivity index (χ4v) is 4.29. The Balaban J connectivity index is 1.56. The van der Waals surface area contributed by atoms with Crippen LogP contribution in [-0.4, -0.2) is 36.2 Å². The molecule has 6 nitrogen and oxygen atoms in total. The average Bonchev–Trinajstić information content (AvgIpc) is 2.56. The van der Waals surface area contributed by atoms with Gasteiger partial charge in [-0.25, -0.2) is 0 Å². The molecule has 0 amide bonds. The first kappa shape index (κ1) is 18.8. The Bertz CT molecular complexity index is 559. The zero-order valence-electron chi connectivity index (χ0n) is 16.0. The molecule has 150 valence electrons. The lowest BCUT2D eigenvalue weighted by molar-refractivity contribution is -0.198. The summed E-state index contributed by atoms with van der Waals surface area (Å²) in [6.45, 7) is 0. The van der Waals surface area contributed by atoms with Crippen molar-refractivity contribution >= 4 is 17.9 Å². The fourth-order valence-electron chi connectivity index (χ4n) is 4.29. The lowest BCUT2D eigenvalue weighted by Gasteiger charge is -2.42. The monoisotopic (exact) mass is 378 g/mol. The van der Waals surface area contributed by atoms with E-state index in [1.165, 1.54) is 0 Å². The topological polar surface area (TPSA) is 78.9 Å². The highest BCUT2D eigenvalue weighted by Crippen LogP contribution is 2.46. The van der Waals surface area contributed by atoms with Crippen LogP contribution in [0, 0.1) is 11.3 Å². The Morgan fingerprint density at radius 3 is 1.52 bits per heavy atom. The maximum atomic E-state index is 13.2. The van der Waals surface area contributed by atoms with Gasteiger partial charge in [-0.15, -0.1) is 0 Å². The van der Waals surface area contributed by atoms with Gasteiger partial charge in [0.1, 0.15) is 18.3 Å². The molecule has 4 saturated carbocycles. The Morgan fingerprint density at radius 2 is 1.07 bits per heavy atom. The van der Waals surface area contributed by atoms with Crippen molar-refractivity contribution in [2.75, 3.05) is 0 Å². The highest BCUT2D eigenvalue weighted by atomic mass is 16.6. The van der Waals surface area contributed by atoms with Gasteiger partial charge in [-0.1, -0.05) is 12.8 Å². The van der Waals surface area contributed by atoms with Crippen molar-refractivity contribution in [1.29, 1.82) is 0 Å². The van der Waals surface area contributed by atoms with Crippen LogP contribution in [0.3, 0.4) is 0 Å². The van der Waals surface area contributed by atoms with E-state index in [9.17, 15) is 14.4 Å². The predicted octanol–water partition coefficient (Wildman–Crippen LogP) is 3.45. The van der Waals surface area contributed by atoms with Gasteiger partial charge in [-0.3, -0.25) is 14.4 Å². The fraction of sp³-hybridized carbons (Fsp3) is 0.857. The number of ether oxygens (including phenoxy) is 3. The quantitative estimate of drug-likeness (QED) is 0.400. The third-order valence-electron chi connectivity index (χ3n) is 6.91. The number of rotatable bonds is 6. The molecule has 1 atom stereocenters. The van der Waals surface area contributed by atoms with Crippen LogP contribution in [0.15, 0.2) is 0 Å². The number of hydrogen-bond donors (Lipinski definition) is 0. The van der Waals surface area contributed by atoms with E-state index in [2.05, 4.69) is 0 Å². The molecule has 0 radical (unpaired) electrons. The first-order valence-corrected chi connectivity index (χ1v) is 10.7. The third kappa shape index (κ3) is 3.59.